The summed E-state index contributed by atoms with van der Waals surface area (Å²) in [6.45, 7) is 5.49. The van der Waals surface area contributed by atoms with E-state index in [1.807, 2.05) is 0 Å². The Balaban J connectivity index is 1.44. The SMILES string of the molecule is CC(C)(F)c1nc(N2CCC(COC3CCCCC3)CC2)no1. The van der Waals surface area contributed by atoms with Crippen molar-refractivity contribution >= 4 is 5.95 Å². The quantitative estimate of drug-likeness (QED) is 0.823. The molecule has 1 aromatic rings. The van der Waals surface area contributed by atoms with Crippen LogP contribution in [0.5, 0.6) is 0 Å². The summed E-state index contributed by atoms with van der Waals surface area (Å²) in [5.41, 5.74) is -1.59. The molecule has 0 N–H and O–H groups in total. The molecule has 2 aliphatic rings. The van der Waals surface area contributed by atoms with Crippen molar-refractivity contribution in [1.82, 2.24) is 10.1 Å². The number of alkyl halides is 1. The van der Waals surface area contributed by atoms with E-state index in [2.05, 4.69) is 15.0 Å². The van der Waals surface area contributed by atoms with E-state index in [1.54, 1.807) is 0 Å². The van der Waals surface area contributed by atoms with Gasteiger partial charge in [0.2, 0.25) is 0 Å². The van der Waals surface area contributed by atoms with Crippen molar-refractivity contribution in [2.24, 2.45) is 5.92 Å². The molecule has 0 spiro atoms. The Hall–Kier alpha value is -1.17. The molecule has 5 nitrogen and oxygen atoms in total. The zero-order valence-corrected chi connectivity index (χ0v) is 14.3. The molecule has 0 amide bonds. The van der Waals surface area contributed by atoms with E-state index < -0.39 is 5.67 Å². The Bertz CT molecular complexity index is 486. The van der Waals surface area contributed by atoms with E-state index in [0.717, 1.165) is 32.5 Å². The van der Waals surface area contributed by atoms with E-state index in [-0.39, 0.29) is 5.89 Å². The van der Waals surface area contributed by atoms with Gasteiger partial charge in [-0.1, -0.05) is 19.3 Å². The van der Waals surface area contributed by atoms with Gasteiger partial charge in [-0.2, -0.15) is 4.98 Å². The van der Waals surface area contributed by atoms with Gasteiger partial charge in [0.1, 0.15) is 0 Å². The number of hydrogen-bond donors (Lipinski definition) is 0. The molecule has 0 unspecified atom stereocenters. The van der Waals surface area contributed by atoms with Gasteiger partial charge in [0.25, 0.3) is 11.8 Å². The van der Waals surface area contributed by atoms with Crippen molar-refractivity contribution in [3.63, 3.8) is 0 Å². The van der Waals surface area contributed by atoms with Gasteiger partial charge in [-0.25, -0.2) is 4.39 Å². The van der Waals surface area contributed by atoms with Crippen LogP contribution in [-0.4, -0.2) is 35.9 Å². The van der Waals surface area contributed by atoms with Crippen molar-refractivity contribution < 1.29 is 13.7 Å². The summed E-state index contributed by atoms with van der Waals surface area (Å²) in [6.07, 6.45) is 9.05. The Morgan fingerprint density at radius 2 is 1.87 bits per heavy atom. The van der Waals surface area contributed by atoms with Crippen molar-refractivity contribution in [1.29, 1.82) is 0 Å². The number of hydrogen-bond acceptors (Lipinski definition) is 5. The molecule has 1 saturated heterocycles. The normalized spacial score (nSPS) is 21.8. The number of rotatable bonds is 5. The molecular formula is C17H28FN3O2. The highest BCUT2D eigenvalue weighted by Crippen LogP contribution is 2.27. The summed E-state index contributed by atoms with van der Waals surface area (Å²) in [5.74, 6) is 1.17. The molecule has 130 valence electrons. The lowest BCUT2D eigenvalue weighted by molar-refractivity contribution is 0.00354. The van der Waals surface area contributed by atoms with Crippen LogP contribution in [0.15, 0.2) is 4.52 Å². The third-order valence-electron chi connectivity index (χ3n) is 4.94. The molecule has 2 fully saturated rings. The predicted octanol–water partition coefficient (Wildman–Crippen LogP) is 3.84. The first kappa shape index (κ1) is 16.7. The van der Waals surface area contributed by atoms with Crippen LogP contribution in [-0.2, 0) is 10.4 Å². The molecule has 0 radical (unpaired) electrons. The summed E-state index contributed by atoms with van der Waals surface area (Å²) in [4.78, 5) is 6.27. The van der Waals surface area contributed by atoms with E-state index in [9.17, 15) is 4.39 Å². The molecule has 0 aromatic carbocycles. The number of aromatic nitrogens is 2. The number of halogens is 1. The summed E-state index contributed by atoms with van der Waals surface area (Å²) >= 11 is 0. The standard InChI is InChI=1S/C17H28FN3O2/c1-17(2,18)15-19-16(20-23-15)21-10-8-13(9-11-21)12-22-14-6-4-3-5-7-14/h13-14H,3-12H2,1-2H3. The summed E-state index contributed by atoms with van der Waals surface area (Å²) in [6, 6.07) is 0. The van der Waals surface area contributed by atoms with E-state index >= 15 is 0 Å². The fourth-order valence-electron chi connectivity index (χ4n) is 3.39. The Morgan fingerprint density at radius 1 is 1.17 bits per heavy atom. The fourth-order valence-corrected chi connectivity index (χ4v) is 3.39. The molecule has 0 bridgehead atoms. The fraction of sp³-hybridized carbons (Fsp3) is 0.882. The lowest BCUT2D eigenvalue weighted by Gasteiger charge is -2.32. The maximum absolute atomic E-state index is 13.8. The Kier molecular flexibility index (Phi) is 5.19. The van der Waals surface area contributed by atoms with Crippen LogP contribution in [0.25, 0.3) is 0 Å². The van der Waals surface area contributed by atoms with Crippen molar-refractivity contribution in [2.75, 3.05) is 24.6 Å². The smallest absolute Gasteiger partial charge is 0.266 e. The van der Waals surface area contributed by atoms with Gasteiger partial charge >= 0.3 is 0 Å². The maximum atomic E-state index is 13.8. The minimum Gasteiger partial charge on any atom is -0.378 e. The second-order valence-electron chi connectivity index (χ2n) is 7.40. The van der Waals surface area contributed by atoms with Gasteiger partial charge in [0.05, 0.1) is 6.10 Å². The molecule has 1 aliphatic heterocycles. The topological polar surface area (TPSA) is 51.4 Å². The monoisotopic (exact) mass is 325 g/mol. The third kappa shape index (κ3) is 4.43. The van der Waals surface area contributed by atoms with Crippen LogP contribution in [0.4, 0.5) is 10.3 Å². The molecule has 1 aliphatic carbocycles. The van der Waals surface area contributed by atoms with Gasteiger partial charge in [-0.05, 0) is 50.6 Å². The minimum absolute atomic E-state index is 0.0512. The van der Waals surface area contributed by atoms with Gasteiger partial charge in [0, 0.05) is 19.7 Å². The van der Waals surface area contributed by atoms with E-state index in [1.165, 1.54) is 46.0 Å². The van der Waals surface area contributed by atoms with Crippen LogP contribution >= 0.6 is 0 Å². The second-order valence-corrected chi connectivity index (χ2v) is 7.40. The lowest BCUT2D eigenvalue weighted by Crippen LogP contribution is -2.36. The van der Waals surface area contributed by atoms with Crippen LogP contribution in [0, 0.1) is 5.92 Å². The number of nitrogens with zero attached hydrogens (tertiary/aromatic N) is 3. The highest BCUT2D eigenvalue weighted by Gasteiger charge is 2.29. The first-order valence-electron chi connectivity index (χ1n) is 8.92. The average Bonchev–Trinajstić information content (AvgIpc) is 3.05. The zero-order chi connectivity index (χ0) is 16.3. The van der Waals surface area contributed by atoms with E-state index in [0.29, 0.717) is 18.0 Å². The van der Waals surface area contributed by atoms with E-state index in [4.69, 9.17) is 9.26 Å². The molecule has 1 saturated carbocycles. The second kappa shape index (κ2) is 7.16. The van der Waals surface area contributed by atoms with Crippen molar-refractivity contribution in [2.45, 2.75) is 70.6 Å². The zero-order valence-electron chi connectivity index (χ0n) is 14.3. The highest BCUT2D eigenvalue weighted by molar-refractivity contribution is 5.28. The average molecular weight is 325 g/mol. The van der Waals surface area contributed by atoms with Crippen molar-refractivity contribution in [3.8, 4) is 0 Å². The van der Waals surface area contributed by atoms with Crippen LogP contribution in [0.3, 0.4) is 0 Å². The molecule has 6 heteroatoms. The summed E-state index contributed by atoms with van der Waals surface area (Å²) < 4.78 is 24.9. The van der Waals surface area contributed by atoms with Gasteiger partial charge in [0.15, 0.2) is 5.67 Å². The molecule has 2 heterocycles. The molecule has 0 atom stereocenters. The Morgan fingerprint density at radius 3 is 2.48 bits per heavy atom. The molecular weight excluding hydrogens is 297 g/mol. The summed E-state index contributed by atoms with van der Waals surface area (Å²) in [5, 5.41) is 3.92. The third-order valence-corrected chi connectivity index (χ3v) is 4.94. The maximum Gasteiger partial charge on any atom is 0.266 e. The Labute approximate surface area is 137 Å². The lowest BCUT2D eigenvalue weighted by atomic mass is 9.96. The number of anilines is 1. The first-order valence-corrected chi connectivity index (χ1v) is 8.92. The molecule has 23 heavy (non-hydrogen) atoms. The number of ether oxygens (including phenoxy) is 1. The first-order chi connectivity index (χ1) is 11.0. The van der Waals surface area contributed by atoms with Gasteiger partial charge < -0.3 is 14.2 Å². The van der Waals surface area contributed by atoms with Gasteiger partial charge in [-0.3, -0.25) is 0 Å². The predicted molar refractivity (Wildman–Crippen MR) is 86.2 cm³/mol. The molecule has 1 aromatic heterocycles. The summed E-state index contributed by atoms with van der Waals surface area (Å²) in [7, 11) is 0. The van der Waals surface area contributed by atoms with Crippen molar-refractivity contribution in [3.05, 3.63) is 5.89 Å². The van der Waals surface area contributed by atoms with Crippen LogP contribution < -0.4 is 4.90 Å². The molecule has 3 rings (SSSR count). The van der Waals surface area contributed by atoms with Crippen LogP contribution in [0.1, 0.15) is 64.7 Å². The van der Waals surface area contributed by atoms with Gasteiger partial charge in [-0.15, -0.1) is 0 Å². The largest absolute Gasteiger partial charge is 0.378 e. The number of piperidine rings is 1. The highest BCUT2D eigenvalue weighted by atomic mass is 19.1. The minimum atomic E-state index is -1.59. The van der Waals surface area contributed by atoms with Crippen LogP contribution in [0.2, 0.25) is 0 Å².